The highest BCUT2D eigenvalue weighted by Crippen LogP contribution is 2.35. The molecule has 0 atom stereocenters. The van der Waals surface area contributed by atoms with Gasteiger partial charge in [0.2, 0.25) is 5.91 Å². The van der Waals surface area contributed by atoms with E-state index in [0.717, 1.165) is 12.3 Å². The highest BCUT2D eigenvalue weighted by atomic mass is 19.4. The Morgan fingerprint density at radius 3 is 2.31 bits per heavy atom. The summed E-state index contributed by atoms with van der Waals surface area (Å²) < 4.78 is 82.4. The van der Waals surface area contributed by atoms with E-state index in [9.17, 15) is 35.9 Å². The number of pyridine rings is 2. The Kier molecular flexibility index (Phi) is 5.70. The van der Waals surface area contributed by atoms with Gasteiger partial charge in [-0.1, -0.05) is 0 Å². The van der Waals surface area contributed by atoms with Crippen molar-refractivity contribution < 1.29 is 35.9 Å². The molecule has 0 radical (unpaired) electrons. The summed E-state index contributed by atoms with van der Waals surface area (Å²) >= 11 is 0. The van der Waals surface area contributed by atoms with E-state index < -0.39 is 46.8 Å². The van der Waals surface area contributed by atoms with E-state index in [0.29, 0.717) is 16.9 Å². The molecule has 4 aromatic heterocycles. The molecule has 0 spiro atoms. The number of rotatable bonds is 4. The standard InChI is InChI=1S/C20H13F6N7O2/c1-10(34)30-16-3-2-13(14-5-7-28-32(14)16)33-17(20(24,25)26)12(9-29-33)18(35)31-11-4-6-27-15(8-11)19(21,22)23/h2-9H,1H3,(H,30,34)(H,27,31,35). The molecule has 0 saturated heterocycles. The van der Waals surface area contributed by atoms with Crippen LogP contribution in [0.2, 0.25) is 0 Å². The number of hydrogen-bond donors (Lipinski definition) is 2. The van der Waals surface area contributed by atoms with Crippen molar-refractivity contribution in [2.75, 3.05) is 10.6 Å². The first-order valence-electron chi connectivity index (χ1n) is 9.61. The minimum Gasteiger partial charge on any atom is -0.322 e. The van der Waals surface area contributed by atoms with Crippen molar-refractivity contribution in [3.63, 3.8) is 0 Å². The third-order valence-corrected chi connectivity index (χ3v) is 4.66. The third kappa shape index (κ3) is 4.64. The Balaban J connectivity index is 1.78. The molecule has 182 valence electrons. The molecule has 0 bridgehead atoms. The van der Waals surface area contributed by atoms with Crippen molar-refractivity contribution in [2.45, 2.75) is 19.3 Å². The lowest BCUT2D eigenvalue weighted by atomic mass is 10.2. The lowest BCUT2D eigenvalue weighted by Crippen LogP contribution is -2.21. The molecule has 0 aromatic carbocycles. The third-order valence-electron chi connectivity index (χ3n) is 4.66. The smallest absolute Gasteiger partial charge is 0.322 e. The van der Waals surface area contributed by atoms with E-state index in [4.69, 9.17) is 0 Å². The second kappa shape index (κ2) is 8.41. The fourth-order valence-electron chi connectivity index (χ4n) is 3.29. The van der Waals surface area contributed by atoms with Gasteiger partial charge in [-0.15, -0.1) is 0 Å². The van der Waals surface area contributed by atoms with Gasteiger partial charge in [0.1, 0.15) is 11.5 Å². The minimum absolute atomic E-state index is 0.119. The largest absolute Gasteiger partial charge is 0.434 e. The van der Waals surface area contributed by atoms with Crippen LogP contribution in [0, 0.1) is 0 Å². The Morgan fingerprint density at radius 2 is 1.66 bits per heavy atom. The molecular formula is C20H13F6N7O2. The van der Waals surface area contributed by atoms with Gasteiger partial charge < -0.3 is 10.6 Å². The number of alkyl halides is 6. The van der Waals surface area contributed by atoms with Crippen LogP contribution in [0.5, 0.6) is 0 Å². The lowest BCUT2D eigenvalue weighted by molar-refractivity contribution is -0.143. The Morgan fingerprint density at radius 1 is 0.914 bits per heavy atom. The molecule has 0 unspecified atom stereocenters. The van der Waals surface area contributed by atoms with Gasteiger partial charge in [0.05, 0.1) is 29.2 Å². The van der Waals surface area contributed by atoms with Gasteiger partial charge in [0.25, 0.3) is 5.91 Å². The second-order valence-electron chi connectivity index (χ2n) is 7.11. The van der Waals surface area contributed by atoms with Gasteiger partial charge in [0.15, 0.2) is 5.69 Å². The SMILES string of the molecule is CC(=O)Nc1ccc(-n2ncc(C(=O)Nc3ccnc(C(F)(F)F)c3)c2C(F)(F)F)c2ccnn12. The molecule has 2 N–H and O–H groups in total. The van der Waals surface area contributed by atoms with Gasteiger partial charge in [-0.05, 0) is 30.3 Å². The van der Waals surface area contributed by atoms with Gasteiger partial charge in [-0.3, -0.25) is 14.6 Å². The fraction of sp³-hybridized carbons (Fsp3) is 0.150. The van der Waals surface area contributed by atoms with Crippen LogP contribution in [-0.4, -0.2) is 36.2 Å². The first-order chi connectivity index (χ1) is 16.4. The molecule has 15 heteroatoms. The zero-order chi connectivity index (χ0) is 25.5. The van der Waals surface area contributed by atoms with Crippen LogP contribution in [-0.2, 0) is 17.1 Å². The van der Waals surface area contributed by atoms with E-state index in [1.165, 1.54) is 35.8 Å². The fourth-order valence-corrected chi connectivity index (χ4v) is 3.29. The number of amides is 2. The summed E-state index contributed by atoms with van der Waals surface area (Å²) in [6.45, 7) is 1.24. The molecule has 0 saturated carbocycles. The van der Waals surface area contributed by atoms with E-state index >= 15 is 0 Å². The number of nitrogens with one attached hydrogen (secondary N) is 2. The predicted octanol–water partition coefficient (Wildman–Crippen LogP) is 4.16. The molecule has 0 aliphatic carbocycles. The number of hydrogen-bond acceptors (Lipinski definition) is 5. The van der Waals surface area contributed by atoms with Crippen molar-refractivity contribution in [3.05, 3.63) is 65.9 Å². The number of carbonyl (C=O) groups excluding carboxylic acids is 2. The average molecular weight is 497 g/mol. The molecule has 4 heterocycles. The Hall–Kier alpha value is -4.43. The average Bonchev–Trinajstić information content (AvgIpc) is 3.41. The van der Waals surface area contributed by atoms with Crippen molar-refractivity contribution in [1.82, 2.24) is 24.4 Å². The van der Waals surface area contributed by atoms with Crippen LogP contribution in [0.25, 0.3) is 11.2 Å². The Labute approximate surface area is 191 Å². The van der Waals surface area contributed by atoms with E-state index in [-0.39, 0.29) is 17.0 Å². The van der Waals surface area contributed by atoms with E-state index in [1.54, 1.807) is 0 Å². The molecule has 0 aliphatic rings. The van der Waals surface area contributed by atoms with Crippen molar-refractivity contribution in [3.8, 4) is 5.69 Å². The maximum atomic E-state index is 14.0. The van der Waals surface area contributed by atoms with Crippen LogP contribution < -0.4 is 10.6 Å². The molecule has 35 heavy (non-hydrogen) atoms. The van der Waals surface area contributed by atoms with E-state index in [1.807, 2.05) is 5.32 Å². The minimum atomic E-state index is -5.08. The maximum Gasteiger partial charge on any atom is 0.434 e. The summed E-state index contributed by atoms with van der Waals surface area (Å²) in [7, 11) is 0. The highest BCUT2D eigenvalue weighted by molar-refractivity contribution is 6.05. The molecular weight excluding hydrogens is 484 g/mol. The number of anilines is 2. The summed E-state index contributed by atoms with van der Waals surface area (Å²) in [5, 5.41) is 12.2. The lowest BCUT2D eigenvalue weighted by Gasteiger charge is -2.15. The molecule has 4 aromatic rings. The van der Waals surface area contributed by atoms with Gasteiger partial charge in [-0.25, -0.2) is 9.20 Å². The second-order valence-corrected chi connectivity index (χ2v) is 7.11. The first kappa shape index (κ1) is 23.7. The summed E-state index contributed by atoms with van der Waals surface area (Å²) in [6, 6.07) is 5.41. The number of aromatic nitrogens is 5. The normalized spacial score (nSPS) is 12.1. The van der Waals surface area contributed by atoms with Crippen LogP contribution in [0.1, 0.15) is 28.7 Å². The summed E-state index contributed by atoms with van der Waals surface area (Å²) in [4.78, 5) is 27.2. The van der Waals surface area contributed by atoms with Crippen molar-refractivity contribution >= 4 is 28.8 Å². The number of fused-ring (bicyclic) bond motifs is 1. The van der Waals surface area contributed by atoms with Crippen molar-refractivity contribution in [1.29, 1.82) is 0 Å². The zero-order valence-electron chi connectivity index (χ0n) is 17.4. The topological polar surface area (TPSA) is 106 Å². The molecule has 2 amide bonds. The predicted molar refractivity (Wildman–Crippen MR) is 109 cm³/mol. The van der Waals surface area contributed by atoms with Crippen LogP contribution in [0.4, 0.5) is 37.8 Å². The highest BCUT2D eigenvalue weighted by Gasteiger charge is 2.41. The number of carbonyl (C=O) groups is 2. The number of nitrogens with zero attached hydrogens (tertiary/aromatic N) is 5. The zero-order valence-corrected chi connectivity index (χ0v) is 17.4. The van der Waals surface area contributed by atoms with Gasteiger partial charge in [0, 0.05) is 18.8 Å². The molecule has 9 nitrogen and oxygen atoms in total. The quantitative estimate of drug-likeness (QED) is 0.412. The molecule has 0 fully saturated rings. The van der Waals surface area contributed by atoms with Crippen LogP contribution in [0.15, 0.2) is 48.9 Å². The van der Waals surface area contributed by atoms with Gasteiger partial charge >= 0.3 is 12.4 Å². The summed E-state index contributed by atoms with van der Waals surface area (Å²) in [5.41, 5.74) is -4.12. The monoisotopic (exact) mass is 497 g/mol. The number of halogens is 6. The summed E-state index contributed by atoms with van der Waals surface area (Å²) in [6.07, 6.45) is -7.19. The molecule has 0 aliphatic heterocycles. The van der Waals surface area contributed by atoms with Gasteiger partial charge in [-0.2, -0.15) is 36.5 Å². The Bertz CT molecular complexity index is 1440. The maximum absolute atomic E-state index is 14.0. The van der Waals surface area contributed by atoms with Crippen molar-refractivity contribution in [2.24, 2.45) is 0 Å². The molecule has 4 rings (SSSR count). The summed E-state index contributed by atoms with van der Waals surface area (Å²) in [5.74, 6) is -1.59. The first-order valence-corrected chi connectivity index (χ1v) is 9.61. The van der Waals surface area contributed by atoms with Crippen LogP contribution >= 0.6 is 0 Å². The van der Waals surface area contributed by atoms with Crippen LogP contribution in [0.3, 0.4) is 0 Å². The van der Waals surface area contributed by atoms with E-state index in [2.05, 4.69) is 20.5 Å².